The smallest absolute Gasteiger partial charge is 0.128 e. The maximum absolute atomic E-state index is 5.94. The van der Waals surface area contributed by atoms with Gasteiger partial charge in [-0.1, -0.05) is 31.5 Å². The molecule has 0 fully saturated rings. The van der Waals surface area contributed by atoms with Gasteiger partial charge in [0.15, 0.2) is 0 Å². The Morgan fingerprint density at radius 2 is 2.05 bits per heavy atom. The fourth-order valence-electron chi connectivity index (χ4n) is 1.83. The molecule has 1 aromatic heterocycles. The van der Waals surface area contributed by atoms with Crippen LogP contribution in [0, 0.1) is 0 Å². The van der Waals surface area contributed by atoms with E-state index in [0.29, 0.717) is 12.6 Å². The van der Waals surface area contributed by atoms with Gasteiger partial charge in [0, 0.05) is 29.1 Å². The lowest BCUT2D eigenvalue weighted by Crippen LogP contribution is -2.22. The van der Waals surface area contributed by atoms with Crippen molar-refractivity contribution in [1.29, 1.82) is 0 Å². The second-order valence-electron chi connectivity index (χ2n) is 5.00. The zero-order chi connectivity index (χ0) is 15.2. The molecule has 3 nitrogen and oxygen atoms in total. The highest BCUT2D eigenvalue weighted by molar-refractivity contribution is 7.16. The average Bonchev–Trinajstić information content (AvgIpc) is 2.88. The van der Waals surface area contributed by atoms with Crippen molar-refractivity contribution < 1.29 is 9.47 Å². The molecule has 0 radical (unpaired) electrons. The third-order valence-electron chi connectivity index (χ3n) is 2.97. The molecule has 0 aliphatic rings. The minimum absolute atomic E-state index is 0.427. The maximum atomic E-state index is 5.94. The Morgan fingerprint density at radius 3 is 2.67 bits per heavy atom. The van der Waals surface area contributed by atoms with Crippen molar-refractivity contribution in [3.05, 3.63) is 45.1 Å². The van der Waals surface area contributed by atoms with Crippen LogP contribution in [0.3, 0.4) is 0 Å². The second-order valence-corrected chi connectivity index (χ2v) is 6.80. The highest BCUT2D eigenvalue weighted by Gasteiger charge is 2.08. The fourth-order valence-corrected chi connectivity index (χ4v) is 2.84. The van der Waals surface area contributed by atoms with Crippen molar-refractivity contribution in [1.82, 2.24) is 5.32 Å². The van der Waals surface area contributed by atoms with E-state index in [1.54, 1.807) is 7.11 Å². The first-order chi connectivity index (χ1) is 10.1. The normalized spacial score (nSPS) is 10.9. The van der Waals surface area contributed by atoms with Gasteiger partial charge in [-0.25, -0.2) is 0 Å². The highest BCUT2D eigenvalue weighted by atomic mass is 35.5. The Balaban J connectivity index is 2.10. The summed E-state index contributed by atoms with van der Waals surface area (Å²) in [7, 11) is 1.66. The molecule has 0 saturated heterocycles. The molecule has 0 saturated carbocycles. The molecule has 21 heavy (non-hydrogen) atoms. The number of thiophene rings is 1. The van der Waals surface area contributed by atoms with Gasteiger partial charge in [-0.2, -0.15) is 0 Å². The van der Waals surface area contributed by atoms with Crippen LogP contribution in [0.4, 0.5) is 0 Å². The van der Waals surface area contributed by atoms with Crippen molar-refractivity contribution in [2.75, 3.05) is 7.11 Å². The zero-order valence-corrected chi connectivity index (χ0v) is 14.1. The van der Waals surface area contributed by atoms with Crippen LogP contribution in [-0.2, 0) is 13.2 Å². The second kappa shape index (κ2) is 7.69. The molecule has 1 N–H and O–H groups in total. The van der Waals surface area contributed by atoms with Gasteiger partial charge in [-0.05, 0) is 18.2 Å². The minimum atomic E-state index is 0.427. The van der Waals surface area contributed by atoms with Gasteiger partial charge in [0.25, 0.3) is 0 Å². The van der Waals surface area contributed by atoms with Crippen molar-refractivity contribution in [3.63, 3.8) is 0 Å². The molecular formula is C16H20ClNO2S. The van der Waals surface area contributed by atoms with Gasteiger partial charge < -0.3 is 14.8 Å². The molecule has 0 spiro atoms. The highest BCUT2D eigenvalue weighted by Crippen LogP contribution is 2.28. The molecule has 0 aliphatic carbocycles. The van der Waals surface area contributed by atoms with Gasteiger partial charge in [0.05, 0.1) is 11.4 Å². The van der Waals surface area contributed by atoms with E-state index in [2.05, 4.69) is 19.2 Å². The number of hydrogen-bond acceptors (Lipinski definition) is 4. The van der Waals surface area contributed by atoms with E-state index in [4.69, 9.17) is 21.1 Å². The first-order valence-corrected chi connectivity index (χ1v) is 8.05. The Bertz CT molecular complexity index is 583. The van der Waals surface area contributed by atoms with Crippen molar-refractivity contribution >= 4 is 22.9 Å². The predicted octanol–water partition coefficient (Wildman–Crippen LogP) is 4.49. The summed E-state index contributed by atoms with van der Waals surface area (Å²) in [6, 6.07) is 10.2. The largest absolute Gasteiger partial charge is 0.497 e. The van der Waals surface area contributed by atoms with Crippen LogP contribution in [0.15, 0.2) is 30.3 Å². The molecule has 0 amide bonds. The van der Waals surface area contributed by atoms with Crippen molar-refractivity contribution in [3.8, 4) is 11.5 Å². The third kappa shape index (κ3) is 4.92. The lowest BCUT2D eigenvalue weighted by molar-refractivity contribution is 0.302. The first-order valence-electron chi connectivity index (χ1n) is 6.86. The van der Waals surface area contributed by atoms with Crippen LogP contribution in [0.2, 0.25) is 4.34 Å². The van der Waals surface area contributed by atoms with E-state index in [-0.39, 0.29) is 0 Å². The van der Waals surface area contributed by atoms with E-state index in [1.807, 2.05) is 30.3 Å². The number of ether oxygens (including phenoxy) is 2. The van der Waals surface area contributed by atoms with Crippen LogP contribution in [0.5, 0.6) is 11.5 Å². The van der Waals surface area contributed by atoms with Gasteiger partial charge in [-0.3, -0.25) is 0 Å². The number of hydrogen-bond donors (Lipinski definition) is 1. The standard InChI is InChI=1S/C16H20ClNO2S/c1-11(2)18-9-12-4-5-13(19-3)8-15(12)20-10-14-6-7-16(17)21-14/h4-8,11,18H,9-10H2,1-3H3. The molecule has 2 rings (SSSR count). The Kier molecular flexibility index (Phi) is 5.91. The Morgan fingerprint density at radius 1 is 1.24 bits per heavy atom. The Hall–Kier alpha value is -1.23. The SMILES string of the molecule is COc1ccc(CNC(C)C)c(OCc2ccc(Cl)s2)c1. The van der Waals surface area contributed by atoms with Crippen molar-refractivity contribution in [2.45, 2.75) is 33.0 Å². The van der Waals surface area contributed by atoms with E-state index in [9.17, 15) is 0 Å². The molecule has 114 valence electrons. The van der Waals surface area contributed by atoms with E-state index < -0.39 is 0 Å². The summed E-state index contributed by atoms with van der Waals surface area (Å²) in [6.45, 7) is 5.52. The molecule has 0 bridgehead atoms. The lowest BCUT2D eigenvalue weighted by atomic mass is 10.2. The predicted molar refractivity (Wildman–Crippen MR) is 88.6 cm³/mol. The number of halogens is 1. The van der Waals surface area contributed by atoms with Gasteiger partial charge in [0.2, 0.25) is 0 Å². The van der Waals surface area contributed by atoms with E-state index in [1.165, 1.54) is 11.3 Å². The third-order valence-corrected chi connectivity index (χ3v) is 4.18. The Labute approximate surface area is 134 Å². The first kappa shape index (κ1) is 16.1. The summed E-state index contributed by atoms with van der Waals surface area (Å²) in [6.07, 6.45) is 0. The number of benzene rings is 1. The zero-order valence-electron chi connectivity index (χ0n) is 12.5. The van der Waals surface area contributed by atoms with Gasteiger partial charge in [-0.15, -0.1) is 11.3 Å². The van der Waals surface area contributed by atoms with Gasteiger partial charge >= 0.3 is 0 Å². The molecule has 0 atom stereocenters. The van der Waals surface area contributed by atoms with Gasteiger partial charge in [0.1, 0.15) is 18.1 Å². The molecule has 1 heterocycles. The van der Waals surface area contributed by atoms with E-state index in [0.717, 1.165) is 32.8 Å². The van der Waals surface area contributed by atoms with Crippen molar-refractivity contribution in [2.24, 2.45) is 0 Å². The van der Waals surface area contributed by atoms with Crippen LogP contribution >= 0.6 is 22.9 Å². The van der Waals surface area contributed by atoms with Crippen LogP contribution in [0.25, 0.3) is 0 Å². The summed E-state index contributed by atoms with van der Waals surface area (Å²) >= 11 is 7.47. The van der Waals surface area contributed by atoms with Crippen LogP contribution in [0.1, 0.15) is 24.3 Å². The average molecular weight is 326 g/mol. The minimum Gasteiger partial charge on any atom is -0.497 e. The summed E-state index contributed by atoms with van der Waals surface area (Å²) in [5, 5.41) is 3.40. The molecule has 5 heteroatoms. The van der Waals surface area contributed by atoms with Crippen LogP contribution in [-0.4, -0.2) is 13.2 Å². The summed E-state index contributed by atoms with van der Waals surface area (Å²) in [5.41, 5.74) is 1.12. The van der Waals surface area contributed by atoms with Crippen LogP contribution < -0.4 is 14.8 Å². The van der Waals surface area contributed by atoms with E-state index >= 15 is 0 Å². The summed E-state index contributed by atoms with van der Waals surface area (Å²) < 4.78 is 12.0. The molecular weight excluding hydrogens is 306 g/mol. The number of rotatable bonds is 7. The summed E-state index contributed by atoms with van der Waals surface area (Å²) in [5.74, 6) is 1.63. The number of nitrogens with one attached hydrogen (secondary N) is 1. The molecule has 1 aromatic carbocycles. The maximum Gasteiger partial charge on any atom is 0.128 e. The fraction of sp³-hybridized carbons (Fsp3) is 0.375. The molecule has 0 unspecified atom stereocenters. The number of methoxy groups -OCH3 is 1. The lowest BCUT2D eigenvalue weighted by Gasteiger charge is -2.14. The quantitative estimate of drug-likeness (QED) is 0.813. The topological polar surface area (TPSA) is 30.5 Å². The molecule has 0 aliphatic heterocycles. The monoisotopic (exact) mass is 325 g/mol. The summed E-state index contributed by atoms with van der Waals surface area (Å²) in [4.78, 5) is 1.10. The molecule has 2 aromatic rings.